The standard InChI is InChI=1S/C28H49N2.BrH/c1-6-8-10-12-14-16-18-20-29-26(5)30(21-19-17-15-13-11-9-7-2)28-23-25(4)24(3)22-27(28)29;/h22-23H,6-21H2,1-5H3;1H/q+1;/p-1. The first-order chi connectivity index (χ1) is 14.6. The van der Waals surface area contributed by atoms with Crippen LogP contribution in [-0.2, 0) is 13.1 Å². The minimum atomic E-state index is 0. The number of rotatable bonds is 16. The van der Waals surface area contributed by atoms with Crippen LogP contribution in [-0.4, -0.2) is 4.57 Å². The van der Waals surface area contributed by atoms with Crippen molar-refractivity contribution in [3.05, 3.63) is 29.1 Å². The number of aryl methyl sites for hydroxylation is 4. The van der Waals surface area contributed by atoms with Gasteiger partial charge in [0.05, 0.1) is 13.1 Å². The summed E-state index contributed by atoms with van der Waals surface area (Å²) < 4.78 is 5.21. The molecule has 0 atom stereocenters. The van der Waals surface area contributed by atoms with Gasteiger partial charge in [0.25, 0.3) is 5.82 Å². The summed E-state index contributed by atoms with van der Waals surface area (Å²) >= 11 is 0. The molecule has 0 spiro atoms. The van der Waals surface area contributed by atoms with E-state index in [4.69, 9.17) is 0 Å². The number of aromatic nitrogens is 2. The Labute approximate surface area is 203 Å². The van der Waals surface area contributed by atoms with Gasteiger partial charge in [0.15, 0.2) is 11.0 Å². The molecule has 0 fully saturated rings. The molecule has 0 aliphatic rings. The lowest BCUT2D eigenvalue weighted by Crippen LogP contribution is -3.00. The smallest absolute Gasteiger partial charge is 0.254 e. The summed E-state index contributed by atoms with van der Waals surface area (Å²) in [4.78, 5) is 0. The lowest BCUT2D eigenvalue weighted by atomic mass is 10.1. The molecular formula is C28H49BrN2. The molecule has 0 saturated heterocycles. The Balaban J connectivity index is 0.00000480. The van der Waals surface area contributed by atoms with Gasteiger partial charge in [-0.2, -0.15) is 0 Å². The van der Waals surface area contributed by atoms with E-state index in [0.29, 0.717) is 0 Å². The van der Waals surface area contributed by atoms with Gasteiger partial charge in [-0.3, -0.25) is 0 Å². The Kier molecular flexibility index (Phi) is 14.5. The quantitative estimate of drug-likeness (QED) is 0.220. The van der Waals surface area contributed by atoms with Crippen LogP contribution in [0.5, 0.6) is 0 Å². The third-order valence-corrected chi connectivity index (χ3v) is 6.92. The van der Waals surface area contributed by atoms with Gasteiger partial charge in [-0.15, -0.1) is 0 Å². The van der Waals surface area contributed by atoms with Crippen molar-refractivity contribution in [3.8, 4) is 0 Å². The van der Waals surface area contributed by atoms with E-state index < -0.39 is 0 Å². The van der Waals surface area contributed by atoms with Crippen molar-refractivity contribution in [2.75, 3.05) is 0 Å². The van der Waals surface area contributed by atoms with E-state index in [1.807, 2.05) is 0 Å². The Morgan fingerprint density at radius 1 is 0.645 bits per heavy atom. The van der Waals surface area contributed by atoms with Gasteiger partial charge in [-0.05, 0) is 62.8 Å². The number of nitrogens with zero attached hydrogens (tertiary/aromatic N) is 2. The average molecular weight is 494 g/mol. The van der Waals surface area contributed by atoms with Gasteiger partial charge in [0, 0.05) is 6.92 Å². The first-order valence-corrected chi connectivity index (χ1v) is 13.1. The molecule has 0 aliphatic heterocycles. The van der Waals surface area contributed by atoms with E-state index in [2.05, 4.69) is 55.9 Å². The van der Waals surface area contributed by atoms with Crippen LogP contribution in [0.3, 0.4) is 0 Å². The van der Waals surface area contributed by atoms with E-state index in [9.17, 15) is 0 Å². The third-order valence-electron chi connectivity index (χ3n) is 6.92. The van der Waals surface area contributed by atoms with E-state index in [0.717, 1.165) is 0 Å². The Morgan fingerprint density at radius 2 is 1.13 bits per heavy atom. The predicted molar refractivity (Wildman–Crippen MR) is 132 cm³/mol. The Morgan fingerprint density at radius 3 is 1.71 bits per heavy atom. The summed E-state index contributed by atoms with van der Waals surface area (Å²) in [5.41, 5.74) is 5.74. The van der Waals surface area contributed by atoms with Crippen LogP contribution >= 0.6 is 0 Å². The Hall–Kier alpha value is -0.830. The van der Waals surface area contributed by atoms with Crippen molar-refractivity contribution >= 4 is 11.0 Å². The van der Waals surface area contributed by atoms with Crippen LogP contribution in [0.25, 0.3) is 11.0 Å². The van der Waals surface area contributed by atoms with E-state index in [1.165, 1.54) is 131 Å². The molecule has 0 unspecified atom stereocenters. The molecule has 2 rings (SSSR count). The largest absolute Gasteiger partial charge is 1.00 e. The molecule has 0 N–H and O–H groups in total. The molecule has 0 bridgehead atoms. The summed E-state index contributed by atoms with van der Waals surface area (Å²) in [6.45, 7) is 13.8. The van der Waals surface area contributed by atoms with Crippen molar-refractivity contribution < 1.29 is 21.5 Å². The highest BCUT2D eigenvalue weighted by Crippen LogP contribution is 2.21. The van der Waals surface area contributed by atoms with Gasteiger partial charge in [0.2, 0.25) is 0 Å². The summed E-state index contributed by atoms with van der Waals surface area (Å²) in [5, 5.41) is 0. The molecule has 0 aliphatic carbocycles. The minimum Gasteiger partial charge on any atom is -1.00 e. The summed E-state index contributed by atoms with van der Waals surface area (Å²) in [6, 6.07) is 4.86. The molecule has 1 aromatic carbocycles. The SMILES string of the molecule is CCCCCCCCCn1c(C)[n+](CCCCCCCCC)c2cc(C)c(C)cc21.[Br-]. The fraction of sp³-hybridized carbons (Fsp3) is 0.750. The van der Waals surface area contributed by atoms with Crippen LogP contribution < -0.4 is 21.5 Å². The van der Waals surface area contributed by atoms with Crippen molar-refractivity contribution in [2.45, 2.75) is 138 Å². The van der Waals surface area contributed by atoms with Gasteiger partial charge in [-0.25, -0.2) is 9.13 Å². The molecule has 178 valence electrons. The molecule has 1 heterocycles. The van der Waals surface area contributed by atoms with E-state index >= 15 is 0 Å². The second-order valence-electron chi connectivity index (χ2n) is 9.52. The highest BCUT2D eigenvalue weighted by molar-refractivity contribution is 5.74. The highest BCUT2D eigenvalue weighted by Gasteiger charge is 2.21. The van der Waals surface area contributed by atoms with Crippen molar-refractivity contribution in [2.24, 2.45) is 0 Å². The molecule has 31 heavy (non-hydrogen) atoms. The molecule has 2 aromatic rings. The van der Waals surface area contributed by atoms with Crippen LogP contribution in [0, 0.1) is 20.8 Å². The maximum Gasteiger partial charge on any atom is 0.254 e. The number of benzene rings is 1. The summed E-state index contributed by atoms with van der Waals surface area (Å²) in [7, 11) is 0. The van der Waals surface area contributed by atoms with Crippen molar-refractivity contribution in [1.29, 1.82) is 0 Å². The zero-order valence-electron chi connectivity index (χ0n) is 21.2. The second-order valence-corrected chi connectivity index (χ2v) is 9.52. The number of hydrogen-bond donors (Lipinski definition) is 0. The average Bonchev–Trinajstić information content (AvgIpc) is 2.97. The zero-order chi connectivity index (χ0) is 21.8. The maximum absolute atomic E-state index is 2.61. The number of imidazole rings is 1. The van der Waals surface area contributed by atoms with Crippen molar-refractivity contribution in [1.82, 2.24) is 4.57 Å². The minimum absolute atomic E-state index is 0. The predicted octanol–water partition coefficient (Wildman–Crippen LogP) is 5.36. The zero-order valence-corrected chi connectivity index (χ0v) is 22.8. The monoisotopic (exact) mass is 492 g/mol. The van der Waals surface area contributed by atoms with Gasteiger partial charge in [-0.1, -0.05) is 78.1 Å². The lowest BCUT2D eigenvalue weighted by Gasteiger charge is -2.03. The first kappa shape index (κ1) is 28.2. The van der Waals surface area contributed by atoms with E-state index in [1.54, 1.807) is 0 Å². The molecule has 2 nitrogen and oxygen atoms in total. The highest BCUT2D eigenvalue weighted by atomic mass is 79.9. The van der Waals surface area contributed by atoms with Gasteiger partial charge < -0.3 is 17.0 Å². The van der Waals surface area contributed by atoms with Crippen LogP contribution in [0.2, 0.25) is 0 Å². The normalized spacial score (nSPS) is 11.3. The van der Waals surface area contributed by atoms with Crippen molar-refractivity contribution in [3.63, 3.8) is 0 Å². The number of halogens is 1. The molecule has 3 heteroatoms. The number of fused-ring (bicyclic) bond motifs is 1. The Bertz CT molecular complexity index is 686. The number of unbranched alkanes of at least 4 members (excludes halogenated alkanes) is 12. The fourth-order valence-corrected chi connectivity index (χ4v) is 4.73. The van der Waals surface area contributed by atoms with Gasteiger partial charge >= 0.3 is 0 Å². The van der Waals surface area contributed by atoms with Crippen LogP contribution in [0.15, 0.2) is 12.1 Å². The van der Waals surface area contributed by atoms with Crippen LogP contribution in [0.4, 0.5) is 0 Å². The van der Waals surface area contributed by atoms with Gasteiger partial charge in [0.1, 0.15) is 0 Å². The molecule has 0 amide bonds. The third kappa shape index (κ3) is 8.91. The summed E-state index contributed by atoms with van der Waals surface area (Å²) in [6.07, 6.45) is 19.3. The molecular weight excluding hydrogens is 444 g/mol. The molecule has 1 aromatic heterocycles. The first-order valence-electron chi connectivity index (χ1n) is 13.1. The lowest BCUT2D eigenvalue weighted by molar-refractivity contribution is -0.679. The maximum atomic E-state index is 2.61. The number of hydrogen-bond acceptors (Lipinski definition) is 0. The van der Waals surface area contributed by atoms with E-state index in [-0.39, 0.29) is 17.0 Å². The van der Waals surface area contributed by atoms with Crippen LogP contribution in [0.1, 0.15) is 121 Å². The summed E-state index contributed by atoms with van der Waals surface area (Å²) in [5.74, 6) is 1.45. The molecule has 0 saturated carbocycles. The second kappa shape index (κ2) is 15.9. The topological polar surface area (TPSA) is 8.81 Å². The molecule has 0 radical (unpaired) electrons. The fourth-order valence-electron chi connectivity index (χ4n) is 4.73.